The van der Waals surface area contributed by atoms with Crippen LogP contribution >= 0.6 is 0 Å². The summed E-state index contributed by atoms with van der Waals surface area (Å²) in [5.41, 5.74) is 0. The van der Waals surface area contributed by atoms with Crippen LogP contribution in [0.25, 0.3) is 0 Å². The summed E-state index contributed by atoms with van der Waals surface area (Å²) in [6, 6.07) is 0. The number of ether oxygens (including phenoxy) is 2. The summed E-state index contributed by atoms with van der Waals surface area (Å²) in [6.45, 7) is 5.79. The van der Waals surface area contributed by atoms with Gasteiger partial charge < -0.3 is 9.47 Å². The Hall–Kier alpha value is -0.570. The molecule has 0 spiro atoms. The van der Waals surface area contributed by atoms with Crippen molar-refractivity contribution < 1.29 is 14.3 Å². The monoisotopic (exact) mass is 300 g/mol. The maximum Gasteiger partial charge on any atom is 0.307 e. The van der Waals surface area contributed by atoms with Crippen molar-refractivity contribution in [1.82, 2.24) is 0 Å². The van der Waals surface area contributed by atoms with Gasteiger partial charge in [0.15, 0.2) is 0 Å². The average molecular weight is 300 g/mol. The first-order chi connectivity index (χ1) is 10.2. The third-order valence-corrected chi connectivity index (χ3v) is 3.96. The summed E-state index contributed by atoms with van der Waals surface area (Å²) in [5, 5.41) is 0. The highest BCUT2D eigenvalue weighted by atomic mass is 16.5. The smallest absolute Gasteiger partial charge is 0.307 e. The van der Waals surface area contributed by atoms with E-state index >= 15 is 0 Å². The van der Waals surface area contributed by atoms with Crippen LogP contribution < -0.4 is 0 Å². The predicted molar refractivity (Wildman–Crippen MR) is 88.5 cm³/mol. The molecule has 3 heteroatoms. The molecule has 21 heavy (non-hydrogen) atoms. The minimum atomic E-state index is -0.183. The number of unbranched alkanes of at least 4 members (excludes halogenated alkanes) is 6. The molecule has 0 atom stereocenters. The molecule has 3 nitrogen and oxygen atoms in total. The van der Waals surface area contributed by atoms with Gasteiger partial charge in [-0.2, -0.15) is 0 Å². The molecule has 126 valence electrons. The van der Waals surface area contributed by atoms with E-state index in [2.05, 4.69) is 18.6 Å². The summed E-state index contributed by atoms with van der Waals surface area (Å²) in [7, 11) is 1.42. The molecular weight excluding hydrogens is 264 g/mol. The Morgan fingerprint density at radius 3 is 1.95 bits per heavy atom. The van der Waals surface area contributed by atoms with Crippen LogP contribution in [0, 0.1) is 5.92 Å². The molecule has 0 aliphatic heterocycles. The van der Waals surface area contributed by atoms with E-state index in [4.69, 9.17) is 4.74 Å². The molecular formula is C18H36O3. The lowest BCUT2D eigenvalue weighted by Gasteiger charge is -2.17. The molecule has 0 saturated carbocycles. The molecule has 0 aliphatic carbocycles. The van der Waals surface area contributed by atoms with Crippen molar-refractivity contribution in [3.8, 4) is 0 Å². The van der Waals surface area contributed by atoms with Crippen LogP contribution in [0.15, 0.2) is 0 Å². The van der Waals surface area contributed by atoms with Crippen LogP contribution in [-0.2, 0) is 14.3 Å². The molecule has 0 aromatic rings. The van der Waals surface area contributed by atoms with Crippen LogP contribution in [0.5, 0.6) is 0 Å². The number of rotatable bonds is 15. The van der Waals surface area contributed by atoms with Crippen molar-refractivity contribution in [3.05, 3.63) is 0 Å². The number of methoxy groups -OCH3 is 1. The predicted octanol–water partition coefficient (Wildman–Crippen LogP) is 5.12. The molecule has 0 aromatic heterocycles. The van der Waals surface area contributed by atoms with Crippen molar-refractivity contribution in [3.63, 3.8) is 0 Å². The van der Waals surface area contributed by atoms with Gasteiger partial charge in [0.25, 0.3) is 0 Å². The lowest BCUT2D eigenvalue weighted by Crippen LogP contribution is -2.13. The molecule has 0 saturated heterocycles. The van der Waals surface area contributed by atoms with Crippen LogP contribution in [0.1, 0.15) is 84.5 Å². The highest BCUT2D eigenvalue weighted by molar-refractivity contribution is 5.69. The van der Waals surface area contributed by atoms with E-state index < -0.39 is 0 Å². The molecule has 0 amide bonds. The van der Waals surface area contributed by atoms with E-state index in [9.17, 15) is 4.79 Å². The Morgan fingerprint density at radius 1 is 0.905 bits per heavy atom. The van der Waals surface area contributed by atoms with E-state index in [0.29, 0.717) is 18.9 Å². The van der Waals surface area contributed by atoms with Crippen molar-refractivity contribution in [2.45, 2.75) is 84.5 Å². The molecule has 0 heterocycles. The summed E-state index contributed by atoms with van der Waals surface area (Å²) in [4.78, 5) is 11.0. The maximum atomic E-state index is 11.0. The normalized spacial score (nSPS) is 11.0. The molecule has 0 fully saturated rings. The van der Waals surface area contributed by atoms with Crippen LogP contribution in [0.4, 0.5) is 0 Å². The van der Waals surface area contributed by atoms with E-state index in [1.54, 1.807) is 0 Å². The molecule has 0 aromatic carbocycles. The SMILES string of the molecule is CCCCCCC(CCCCCC)COCCC(=O)OC. The number of hydrogen-bond acceptors (Lipinski definition) is 3. The second kappa shape index (κ2) is 15.8. The summed E-state index contributed by atoms with van der Waals surface area (Å²) >= 11 is 0. The Morgan fingerprint density at radius 2 is 1.48 bits per heavy atom. The Labute approximate surface area is 131 Å². The fourth-order valence-corrected chi connectivity index (χ4v) is 2.54. The second-order valence-corrected chi connectivity index (χ2v) is 5.97. The van der Waals surface area contributed by atoms with Gasteiger partial charge in [0.05, 0.1) is 20.1 Å². The van der Waals surface area contributed by atoms with Gasteiger partial charge in [-0.05, 0) is 18.8 Å². The van der Waals surface area contributed by atoms with Gasteiger partial charge >= 0.3 is 5.97 Å². The lowest BCUT2D eigenvalue weighted by atomic mass is 9.95. The lowest BCUT2D eigenvalue weighted by molar-refractivity contribution is -0.141. The van der Waals surface area contributed by atoms with Crippen LogP contribution in [0.2, 0.25) is 0 Å². The van der Waals surface area contributed by atoms with Crippen LogP contribution in [0.3, 0.4) is 0 Å². The van der Waals surface area contributed by atoms with E-state index in [1.807, 2.05) is 0 Å². The highest BCUT2D eigenvalue weighted by Crippen LogP contribution is 2.19. The highest BCUT2D eigenvalue weighted by Gasteiger charge is 2.09. The Balaban J connectivity index is 3.79. The molecule has 0 bridgehead atoms. The van der Waals surface area contributed by atoms with Crippen LogP contribution in [-0.4, -0.2) is 26.3 Å². The summed E-state index contributed by atoms with van der Waals surface area (Å²) in [5.74, 6) is 0.480. The number of carbonyl (C=O) groups excluding carboxylic acids is 1. The first-order valence-corrected chi connectivity index (χ1v) is 8.89. The van der Waals surface area contributed by atoms with E-state index in [0.717, 1.165) is 6.61 Å². The maximum absolute atomic E-state index is 11.0. The second-order valence-electron chi connectivity index (χ2n) is 5.97. The first-order valence-electron chi connectivity index (χ1n) is 8.89. The largest absolute Gasteiger partial charge is 0.469 e. The van der Waals surface area contributed by atoms with E-state index in [-0.39, 0.29) is 5.97 Å². The zero-order chi connectivity index (χ0) is 15.8. The quantitative estimate of drug-likeness (QED) is 0.311. The van der Waals surface area contributed by atoms with Gasteiger partial charge in [0, 0.05) is 6.61 Å². The topological polar surface area (TPSA) is 35.5 Å². The third kappa shape index (κ3) is 14.1. The third-order valence-electron chi connectivity index (χ3n) is 3.96. The van der Waals surface area contributed by atoms with E-state index in [1.165, 1.54) is 71.3 Å². The summed E-state index contributed by atoms with van der Waals surface area (Å²) in [6.07, 6.45) is 13.5. The van der Waals surface area contributed by atoms with Crippen molar-refractivity contribution in [1.29, 1.82) is 0 Å². The number of carbonyl (C=O) groups is 1. The van der Waals surface area contributed by atoms with Crippen molar-refractivity contribution in [2.24, 2.45) is 5.92 Å². The van der Waals surface area contributed by atoms with Gasteiger partial charge in [-0.3, -0.25) is 4.79 Å². The zero-order valence-corrected chi connectivity index (χ0v) is 14.5. The Kier molecular flexibility index (Phi) is 15.4. The zero-order valence-electron chi connectivity index (χ0n) is 14.5. The molecule has 0 radical (unpaired) electrons. The molecule has 0 rings (SSSR count). The fourth-order valence-electron chi connectivity index (χ4n) is 2.54. The minimum Gasteiger partial charge on any atom is -0.469 e. The fraction of sp³-hybridized carbons (Fsp3) is 0.944. The Bertz CT molecular complexity index is 217. The minimum absolute atomic E-state index is 0.183. The van der Waals surface area contributed by atoms with Crippen molar-refractivity contribution >= 4 is 5.97 Å². The standard InChI is InChI=1S/C18H36O3/c1-4-6-8-10-12-17(13-11-9-7-5-2)16-21-15-14-18(19)20-3/h17H,4-16H2,1-3H3. The first kappa shape index (κ1) is 20.4. The number of esters is 1. The van der Waals surface area contributed by atoms with Gasteiger partial charge in [0.1, 0.15) is 0 Å². The van der Waals surface area contributed by atoms with Gasteiger partial charge in [-0.15, -0.1) is 0 Å². The molecule has 0 unspecified atom stereocenters. The van der Waals surface area contributed by atoms with Gasteiger partial charge in [-0.1, -0.05) is 65.2 Å². The molecule has 0 aliphatic rings. The van der Waals surface area contributed by atoms with Gasteiger partial charge in [0.2, 0.25) is 0 Å². The average Bonchev–Trinajstić information content (AvgIpc) is 2.50. The summed E-state index contributed by atoms with van der Waals surface area (Å²) < 4.78 is 10.3. The number of hydrogen-bond donors (Lipinski definition) is 0. The van der Waals surface area contributed by atoms with Gasteiger partial charge in [-0.25, -0.2) is 0 Å². The molecule has 0 N–H and O–H groups in total. The van der Waals surface area contributed by atoms with Crippen molar-refractivity contribution in [2.75, 3.05) is 20.3 Å².